The molecule has 2 aromatic heterocycles. The molecule has 3 aromatic rings. The van der Waals surface area contributed by atoms with Gasteiger partial charge in [-0.3, -0.25) is 9.88 Å². The Balaban J connectivity index is 0.000000297. The van der Waals surface area contributed by atoms with E-state index >= 15 is 0 Å². The Morgan fingerprint density at radius 2 is 1.70 bits per heavy atom. The third kappa shape index (κ3) is 7.92. The van der Waals surface area contributed by atoms with Gasteiger partial charge in [-0.15, -0.1) is 0 Å². The molecule has 0 saturated heterocycles. The highest BCUT2D eigenvalue weighted by atomic mass is 35.5. The quantitative estimate of drug-likeness (QED) is 0.392. The number of aryl methyl sites for hydroxylation is 1. The number of rotatable bonds is 10. The van der Waals surface area contributed by atoms with Crippen LogP contribution in [0.25, 0.3) is 0 Å². The van der Waals surface area contributed by atoms with Crippen LogP contribution in [-0.2, 0) is 6.42 Å². The standard InChI is InChI=1S/C18H23ClN2.C7H12N2/c1-3-13-21(14-4-2)18(17-7-5-6-12-20-17)15-8-10-16(19)11-9-15;1-2-3-4-7-5-8-6-9-7/h5-12,18H,3-4,13-14H2,1-2H3;5-6H,2-4H2,1H3,(H,8,9). The molecule has 0 aliphatic carbocycles. The molecule has 1 atom stereocenters. The topological polar surface area (TPSA) is 44.8 Å². The number of unbranched alkanes of at least 4 members (excludes halogenated alkanes) is 1. The van der Waals surface area contributed by atoms with E-state index < -0.39 is 0 Å². The Kier molecular flexibility index (Phi) is 11.2. The van der Waals surface area contributed by atoms with Crippen molar-refractivity contribution in [3.63, 3.8) is 0 Å². The molecule has 0 bridgehead atoms. The van der Waals surface area contributed by atoms with Crippen molar-refractivity contribution < 1.29 is 0 Å². The number of halogens is 1. The van der Waals surface area contributed by atoms with Crippen molar-refractivity contribution in [2.45, 2.75) is 58.9 Å². The SMILES string of the molecule is CCCCc1cnc[nH]1.CCCN(CCC)C(c1ccc(Cl)cc1)c1ccccn1. The zero-order chi connectivity index (χ0) is 21.6. The van der Waals surface area contributed by atoms with Crippen LogP contribution in [0.15, 0.2) is 61.2 Å². The number of H-pyrrole nitrogens is 1. The molecule has 162 valence electrons. The van der Waals surface area contributed by atoms with Crippen molar-refractivity contribution in [3.8, 4) is 0 Å². The summed E-state index contributed by atoms with van der Waals surface area (Å²) in [4.78, 5) is 14.1. The summed E-state index contributed by atoms with van der Waals surface area (Å²) in [6, 6.07) is 14.5. The first kappa shape index (κ1) is 24.1. The fraction of sp³-hybridized carbons (Fsp3) is 0.440. The van der Waals surface area contributed by atoms with Gasteiger partial charge in [0.05, 0.1) is 18.1 Å². The van der Waals surface area contributed by atoms with E-state index in [1.54, 1.807) is 6.33 Å². The van der Waals surface area contributed by atoms with Gasteiger partial charge in [0.25, 0.3) is 0 Å². The second kappa shape index (κ2) is 13.9. The predicted octanol–water partition coefficient (Wildman–Crippen LogP) is 6.70. The third-order valence-electron chi connectivity index (χ3n) is 4.89. The van der Waals surface area contributed by atoms with Crippen molar-refractivity contribution in [3.05, 3.63) is 83.2 Å². The van der Waals surface area contributed by atoms with Crippen molar-refractivity contribution in [2.75, 3.05) is 13.1 Å². The smallest absolute Gasteiger partial charge is 0.0921 e. The molecule has 30 heavy (non-hydrogen) atoms. The highest BCUT2D eigenvalue weighted by Gasteiger charge is 2.22. The number of nitrogens with zero attached hydrogens (tertiary/aromatic N) is 3. The maximum atomic E-state index is 6.04. The van der Waals surface area contributed by atoms with Crippen molar-refractivity contribution in [1.82, 2.24) is 19.9 Å². The van der Waals surface area contributed by atoms with Crippen LogP contribution in [0.2, 0.25) is 5.02 Å². The molecule has 1 aromatic carbocycles. The average molecular weight is 427 g/mol. The molecule has 2 heterocycles. The van der Waals surface area contributed by atoms with Gasteiger partial charge in [-0.05, 0) is 68.6 Å². The van der Waals surface area contributed by atoms with Crippen molar-refractivity contribution >= 4 is 11.6 Å². The lowest BCUT2D eigenvalue weighted by Crippen LogP contribution is -2.31. The molecule has 0 spiro atoms. The van der Waals surface area contributed by atoms with Crippen molar-refractivity contribution in [1.29, 1.82) is 0 Å². The van der Waals surface area contributed by atoms with Gasteiger partial charge < -0.3 is 4.98 Å². The summed E-state index contributed by atoms with van der Waals surface area (Å²) < 4.78 is 0. The van der Waals surface area contributed by atoms with E-state index in [2.05, 4.69) is 64.9 Å². The van der Waals surface area contributed by atoms with Gasteiger partial charge in [0.15, 0.2) is 0 Å². The summed E-state index contributed by atoms with van der Waals surface area (Å²) in [5.41, 5.74) is 3.60. The Labute approximate surface area is 186 Å². The summed E-state index contributed by atoms with van der Waals surface area (Å²) in [5.74, 6) is 0. The summed E-state index contributed by atoms with van der Waals surface area (Å²) in [5, 5.41) is 0.774. The predicted molar refractivity (Wildman–Crippen MR) is 127 cm³/mol. The van der Waals surface area contributed by atoms with E-state index in [0.717, 1.165) is 43.1 Å². The van der Waals surface area contributed by atoms with Crippen LogP contribution >= 0.6 is 11.6 Å². The molecule has 4 nitrogen and oxygen atoms in total. The normalized spacial score (nSPS) is 11.8. The number of hydrogen-bond acceptors (Lipinski definition) is 3. The number of benzene rings is 1. The number of imidazole rings is 1. The summed E-state index contributed by atoms with van der Waals surface area (Å²) >= 11 is 6.04. The van der Waals surface area contributed by atoms with E-state index in [-0.39, 0.29) is 6.04 Å². The fourth-order valence-corrected chi connectivity index (χ4v) is 3.61. The Hall–Kier alpha value is -2.17. The van der Waals surface area contributed by atoms with Gasteiger partial charge in [0.1, 0.15) is 0 Å². The average Bonchev–Trinajstić information content (AvgIpc) is 3.29. The summed E-state index contributed by atoms with van der Waals surface area (Å²) in [7, 11) is 0. The molecule has 3 rings (SSSR count). The van der Waals surface area contributed by atoms with Crippen LogP contribution in [0, 0.1) is 0 Å². The lowest BCUT2D eigenvalue weighted by Gasteiger charge is -2.31. The van der Waals surface area contributed by atoms with Gasteiger partial charge in [-0.2, -0.15) is 0 Å². The summed E-state index contributed by atoms with van der Waals surface area (Å²) in [6.07, 6.45) is 11.4. The van der Waals surface area contributed by atoms with Crippen LogP contribution in [0.5, 0.6) is 0 Å². The largest absolute Gasteiger partial charge is 0.348 e. The number of pyridine rings is 1. The zero-order valence-electron chi connectivity index (χ0n) is 18.5. The zero-order valence-corrected chi connectivity index (χ0v) is 19.3. The molecule has 1 N–H and O–H groups in total. The maximum absolute atomic E-state index is 6.04. The van der Waals surface area contributed by atoms with Crippen LogP contribution in [0.3, 0.4) is 0 Å². The Bertz CT molecular complexity index is 782. The third-order valence-corrected chi connectivity index (χ3v) is 5.15. The van der Waals surface area contributed by atoms with Gasteiger partial charge in [0, 0.05) is 23.1 Å². The van der Waals surface area contributed by atoms with Crippen LogP contribution < -0.4 is 0 Å². The molecule has 1 unspecified atom stereocenters. The van der Waals surface area contributed by atoms with Gasteiger partial charge in [0.2, 0.25) is 0 Å². The Morgan fingerprint density at radius 3 is 2.23 bits per heavy atom. The Morgan fingerprint density at radius 1 is 0.967 bits per heavy atom. The first-order valence-electron chi connectivity index (χ1n) is 11.1. The van der Waals surface area contributed by atoms with Crippen LogP contribution in [-0.4, -0.2) is 32.9 Å². The van der Waals surface area contributed by atoms with Crippen molar-refractivity contribution in [2.24, 2.45) is 0 Å². The monoisotopic (exact) mass is 426 g/mol. The number of nitrogens with one attached hydrogen (secondary N) is 1. The van der Waals surface area contributed by atoms with E-state index in [1.165, 1.54) is 24.1 Å². The van der Waals surface area contributed by atoms with E-state index in [9.17, 15) is 0 Å². The first-order chi connectivity index (χ1) is 14.7. The van der Waals surface area contributed by atoms with Gasteiger partial charge in [-0.25, -0.2) is 4.98 Å². The molecule has 0 amide bonds. The molecule has 0 fully saturated rings. The number of aromatic nitrogens is 3. The molecular formula is C25H35ClN4. The minimum Gasteiger partial charge on any atom is -0.348 e. The maximum Gasteiger partial charge on any atom is 0.0921 e. The molecule has 0 aliphatic rings. The van der Waals surface area contributed by atoms with Crippen LogP contribution in [0.4, 0.5) is 0 Å². The fourth-order valence-electron chi connectivity index (χ4n) is 3.48. The molecule has 5 heteroatoms. The lowest BCUT2D eigenvalue weighted by atomic mass is 10.0. The lowest BCUT2D eigenvalue weighted by molar-refractivity contribution is 0.222. The van der Waals surface area contributed by atoms with E-state index in [0.29, 0.717) is 0 Å². The van der Waals surface area contributed by atoms with E-state index in [1.807, 2.05) is 30.6 Å². The highest BCUT2D eigenvalue weighted by Crippen LogP contribution is 2.28. The molecule has 0 aliphatic heterocycles. The minimum atomic E-state index is 0.198. The number of aromatic amines is 1. The van der Waals surface area contributed by atoms with Gasteiger partial charge in [-0.1, -0.05) is 57.0 Å². The molecule has 0 radical (unpaired) electrons. The van der Waals surface area contributed by atoms with Crippen LogP contribution in [0.1, 0.15) is 69.4 Å². The first-order valence-corrected chi connectivity index (χ1v) is 11.4. The van der Waals surface area contributed by atoms with Gasteiger partial charge >= 0.3 is 0 Å². The number of hydrogen-bond donors (Lipinski definition) is 1. The molecule has 0 saturated carbocycles. The van der Waals surface area contributed by atoms with E-state index in [4.69, 9.17) is 11.6 Å². The minimum absolute atomic E-state index is 0.198. The summed E-state index contributed by atoms with van der Waals surface area (Å²) in [6.45, 7) is 8.77. The second-order valence-corrected chi connectivity index (χ2v) is 7.86. The molecular weight excluding hydrogens is 392 g/mol. The highest BCUT2D eigenvalue weighted by molar-refractivity contribution is 6.30. The second-order valence-electron chi connectivity index (χ2n) is 7.43.